The van der Waals surface area contributed by atoms with Crippen molar-refractivity contribution in [3.05, 3.63) is 118 Å². The summed E-state index contributed by atoms with van der Waals surface area (Å²) < 4.78 is 0. The molecular formula is C32H36N2O2. The van der Waals surface area contributed by atoms with Crippen LogP contribution in [0.5, 0.6) is 0 Å². The molecule has 0 aromatic heterocycles. The number of hydrogen-bond donors (Lipinski definition) is 2. The molecule has 2 N–H and O–H groups in total. The van der Waals surface area contributed by atoms with E-state index in [9.17, 15) is 10.2 Å². The van der Waals surface area contributed by atoms with Crippen molar-refractivity contribution < 1.29 is 10.2 Å². The maximum absolute atomic E-state index is 12.5. The molecule has 186 valence electrons. The van der Waals surface area contributed by atoms with Gasteiger partial charge in [0.25, 0.3) is 0 Å². The quantitative estimate of drug-likeness (QED) is 0.495. The average Bonchev–Trinajstić information content (AvgIpc) is 2.87. The summed E-state index contributed by atoms with van der Waals surface area (Å²) in [5.74, 6) is 0. The fraction of sp³-hybridized carbons (Fsp3) is 0.312. The van der Waals surface area contributed by atoms with Gasteiger partial charge in [0.05, 0.1) is 0 Å². The third-order valence-corrected chi connectivity index (χ3v) is 7.73. The molecular weight excluding hydrogens is 444 g/mol. The predicted octanol–water partition coefficient (Wildman–Crippen LogP) is 5.34. The molecule has 0 fully saturated rings. The highest BCUT2D eigenvalue weighted by Crippen LogP contribution is 2.50. The van der Waals surface area contributed by atoms with E-state index in [0.29, 0.717) is 12.8 Å². The Hall–Kier alpha value is -3.34. The topological polar surface area (TPSA) is 46.9 Å². The summed E-state index contributed by atoms with van der Waals surface area (Å²) in [5.41, 5.74) is 5.10. The number of anilines is 2. The first-order valence-electron chi connectivity index (χ1n) is 12.7. The highest BCUT2D eigenvalue weighted by Gasteiger charge is 2.45. The normalized spacial score (nSPS) is 23.4. The van der Waals surface area contributed by atoms with Gasteiger partial charge >= 0.3 is 0 Å². The summed E-state index contributed by atoms with van der Waals surface area (Å²) in [6.45, 7) is 0. The molecule has 3 aromatic rings. The molecule has 4 heteroatoms. The first kappa shape index (κ1) is 24.4. The van der Waals surface area contributed by atoms with Gasteiger partial charge in [0.1, 0.15) is 11.2 Å². The molecule has 0 radical (unpaired) electrons. The van der Waals surface area contributed by atoms with Gasteiger partial charge in [0.15, 0.2) is 0 Å². The number of para-hydroxylation sites is 2. The second kappa shape index (κ2) is 9.27. The van der Waals surface area contributed by atoms with E-state index >= 15 is 0 Å². The van der Waals surface area contributed by atoms with Gasteiger partial charge in [-0.1, -0.05) is 60.7 Å². The van der Waals surface area contributed by atoms with Crippen LogP contribution < -0.4 is 9.80 Å². The molecule has 0 heterocycles. The van der Waals surface area contributed by atoms with E-state index in [1.165, 1.54) is 11.1 Å². The second-order valence-electron chi connectivity index (χ2n) is 10.5. The summed E-state index contributed by atoms with van der Waals surface area (Å²) >= 11 is 0. The van der Waals surface area contributed by atoms with Crippen molar-refractivity contribution in [1.29, 1.82) is 0 Å². The lowest BCUT2D eigenvalue weighted by molar-refractivity contribution is 0.0815. The molecule has 3 aromatic carbocycles. The van der Waals surface area contributed by atoms with Crippen LogP contribution >= 0.6 is 0 Å². The van der Waals surface area contributed by atoms with Gasteiger partial charge in [0.2, 0.25) is 0 Å². The molecule has 0 aliphatic heterocycles. The Labute approximate surface area is 214 Å². The van der Waals surface area contributed by atoms with Crippen molar-refractivity contribution in [2.24, 2.45) is 0 Å². The molecule has 4 nitrogen and oxygen atoms in total. The van der Waals surface area contributed by atoms with E-state index in [0.717, 1.165) is 46.5 Å². The maximum atomic E-state index is 12.5. The van der Waals surface area contributed by atoms with Crippen LogP contribution in [0.15, 0.2) is 96.1 Å². The maximum Gasteiger partial charge on any atom is 0.132 e. The van der Waals surface area contributed by atoms with Crippen LogP contribution in [0.4, 0.5) is 11.4 Å². The Morgan fingerprint density at radius 3 is 1.25 bits per heavy atom. The molecule has 2 atom stereocenters. The van der Waals surface area contributed by atoms with Gasteiger partial charge in [-0.25, -0.2) is 0 Å². The lowest BCUT2D eigenvalue weighted by Crippen LogP contribution is -2.40. The van der Waals surface area contributed by atoms with Crippen LogP contribution in [0.1, 0.15) is 35.1 Å². The summed E-state index contributed by atoms with van der Waals surface area (Å²) in [7, 11) is 8.01. The third kappa shape index (κ3) is 4.15. The Balaban J connectivity index is 1.76. The molecule has 2 unspecified atom stereocenters. The summed E-state index contributed by atoms with van der Waals surface area (Å²) in [6.07, 6.45) is 6.73. The minimum atomic E-state index is -1.31. The molecule has 0 saturated heterocycles. The van der Waals surface area contributed by atoms with Crippen LogP contribution in [0.3, 0.4) is 0 Å². The minimum Gasteiger partial charge on any atom is -0.377 e. The standard InChI is InChI=1S/C32H36N2O2/c1-33(2)29-11-7-5-9-27(29)31(35)21-26-20-18-24-15-13-23(14-16-24)17-19-25(31)22-32(26,36)28-10-6-8-12-30(28)34(3)4/h5-16,21-22,35-36H,17-20H2,1-4H3. The van der Waals surface area contributed by atoms with Gasteiger partial charge in [0, 0.05) is 50.7 Å². The van der Waals surface area contributed by atoms with E-state index in [2.05, 4.69) is 24.3 Å². The van der Waals surface area contributed by atoms with Gasteiger partial charge in [-0.15, -0.1) is 0 Å². The van der Waals surface area contributed by atoms with E-state index in [4.69, 9.17) is 0 Å². The Kier molecular flexibility index (Phi) is 6.27. The Morgan fingerprint density at radius 2 is 0.889 bits per heavy atom. The molecule has 8 rings (SSSR count). The smallest absolute Gasteiger partial charge is 0.132 e. The third-order valence-electron chi connectivity index (χ3n) is 7.73. The predicted molar refractivity (Wildman–Crippen MR) is 149 cm³/mol. The van der Waals surface area contributed by atoms with Crippen LogP contribution in [0.2, 0.25) is 0 Å². The van der Waals surface area contributed by atoms with Crippen LogP contribution in [0, 0.1) is 0 Å². The largest absolute Gasteiger partial charge is 0.377 e. The number of nitrogens with zero attached hydrogens (tertiary/aromatic N) is 2. The summed E-state index contributed by atoms with van der Waals surface area (Å²) in [5, 5.41) is 25.1. The molecule has 0 spiro atoms. The average molecular weight is 481 g/mol. The fourth-order valence-corrected chi connectivity index (χ4v) is 5.74. The molecule has 0 saturated carbocycles. The molecule has 5 aliphatic carbocycles. The molecule has 5 aliphatic rings. The number of benzene rings is 3. The SMILES string of the molecule is CN(C)c1ccccc1C1(O)C=C2CCc3ccc(cc3)CCC1=CC2(O)c1ccccc1N(C)C. The zero-order valence-corrected chi connectivity index (χ0v) is 21.7. The monoisotopic (exact) mass is 480 g/mol. The van der Waals surface area contributed by atoms with Crippen LogP contribution in [-0.2, 0) is 24.0 Å². The molecule has 36 heavy (non-hydrogen) atoms. The molecule has 0 amide bonds. The van der Waals surface area contributed by atoms with Crippen molar-refractivity contribution in [2.45, 2.75) is 36.9 Å². The van der Waals surface area contributed by atoms with E-state index in [1.807, 2.05) is 98.7 Å². The fourth-order valence-electron chi connectivity index (χ4n) is 5.74. The van der Waals surface area contributed by atoms with Crippen molar-refractivity contribution in [3.63, 3.8) is 0 Å². The van der Waals surface area contributed by atoms with Crippen molar-refractivity contribution in [3.8, 4) is 0 Å². The zero-order chi connectivity index (χ0) is 25.5. The van der Waals surface area contributed by atoms with Crippen LogP contribution in [0.25, 0.3) is 0 Å². The number of hydrogen-bond acceptors (Lipinski definition) is 4. The minimum absolute atomic E-state index is 0.633. The number of aryl methyl sites for hydroxylation is 2. The van der Waals surface area contributed by atoms with E-state index < -0.39 is 11.2 Å². The van der Waals surface area contributed by atoms with Gasteiger partial charge in [-0.2, -0.15) is 0 Å². The second-order valence-corrected chi connectivity index (χ2v) is 10.5. The number of aliphatic hydroxyl groups is 2. The lowest BCUT2D eigenvalue weighted by Gasteiger charge is -2.43. The zero-order valence-electron chi connectivity index (χ0n) is 21.7. The highest BCUT2D eigenvalue weighted by atomic mass is 16.3. The first-order valence-corrected chi connectivity index (χ1v) is 12.7. The Bertz CT molecular complexity index is 1220. The first-order chi connectivity index (χ1) is 17.2. The van der Waals surface area contributed by atoms with Crippen molar-refractivity contribution in [2.75, 3.05) is 38.0 Å². The van der Waals surface area contributed by atoms with Gasteiger partial charge in [-0.3, -0.25) is 0 Å². The Morgan fingerprint density at radius 1 is 0.528 bits per heavy atom. The number of rotatable bonds is 4. The summed E-state index contributed by atoms with van der Waals surface area (Å²) in [6, 6.07) is 24.8. The van der Waals surface area contributed by atoms with Gasteiger partial charge < -0.3 is 20.0 Å². The van der Waals surface area contributed by atoms with E-state index in [1.54, 1.807) is 0 Å². The lowest BCUT2D eigenvalue weighted by atomic mass is 9.68. The van der Waals surface area contributed by atoms with E-state index in [-0.39, 0.29) is 0 Å². The van der Waals surface area contributed by atoms with Crippen molar-refractivity contribution in [1.82, 2.24) is 0 Å². The highest BCUT2D eigenvalue weighted by molar-refractivity contribution is 5.65. The van der Waals surface area contributed by atoms with Gasteiger partial charge in [-0.05, 0) is 72.2 Å². The summed E-state index contributed by atoms with van der Waals surface area (Å²) in [4.78, 5) is 4.09. The van der Waals surface area contributed by atoms with Crippen molar-refractivity contribution >= 4 is 11.4 Å². The van der Waals surface area contributed by atoms with Crippen LogP contribution in [-0.4, -0.2) is 38.4 Å². The molecule has 4 bridgehead atoms.